The second-order valence-corrected chi connectivity index (χ2v) is 7.99. The van der Waals surface area contributed by atoms with Gasteiger partial charge in [-0.25, -0.2) is 8.42 Å². The minimum Gasteiger partial charge on any atom is -0.494 e. The third-order valence-corrected chi connectivity index (χ3v) is 6.21. The Morgan fingerprint density at radius 1 is 1.12 bits per heavy atom. The van der Waals surface area contributed by atoms with E-state index in [1.54, 1.807) is 18.2 Å². The van der Waals surface area contributed by atoms with Gasteiger partial charge in [-0.3, -0.25) is 4.79 Å². The highest BCUT2D eigenvalue weighted by atomic mass is 32.2. The largest absolute Gasteiger partial charge is 0.494 e. The summed E-state index contributed by atoms with van der Waals surface area (Å²) in [6, 6.07) is 10.8. The molecule has 1 fully saturated rings. The molecule has 0 saturated carbocycles. The summed E-state index contributed by atoms with van der Waals surface area (Å²) in [6.07, 6.45) is 1.76. The molecular formula is C18H21N3O4S. The van der Waals surface area contributed by atoms with E-state index in [0.717, 1.165) is 12.8 Å². The number of carbonyl (C=O) groups is 1. The van der Waals surface area contributed by atoms with Crippen molar-refractivity contribution in [2.75, 3.05) is 31.2 Å². The highest BCUT2D eigenvalue weighted by Gasteiger charge is 2.27. The lowest BCUT2D eigenvalue weighted by Gasteiger charge is -2.15. The van der Waals surface area contributed by atoms with Crippen LogP contribution in [0.2, 0.25) is 0 Å². The summed E-state index contributed by atoms with van der Waals surface area (Å²) in [5.41, 5.74) is 7.06. The molecule has 0 aliphatic carbocycles. The molecule has 1 saturated heterocycles. The van der Waals surface area contributed by atoms with E-state index in [-0.39, 0.29) is 10.8 Å². The molecular weight excluding hydrogens is 354 g/mol. The molecule has 1 aliphatic heterocycles. The van der Waals surface area contributed by atoms with Crippen LogP contribution in [0.5, 0.6) is 5.75 Å². The normalized spacial score (nSPS) is 15.0. The molecule has 1 amide bonds. The summed E-state index contributed by atoms with van der Waals surface area (Å²) >= 11 is 0. The highest BCUT2D eigenvalue weighted by Crippen LogP contribution is 2.27. The fraction of sp³-hybridized carbons (Fsp3) is 0.278. The Morgan fingerprint density at radius 2 is 1.77 bits per heavy atom. The van der Waals surface area contributed by atoms with Gasteiger partial charge in [0, 0.05) is 30.4 Å². The molecule has 138 valence electrons. The number of nitrogen functional groups attached to an aromatic ring is 1. The Labute approximate surface area is 152 Å². The SMILES string of the molecule is COc1cc(N)ccc1NC(=O)c1ccc(S(=O)(=O)N2CCCC2)cc1. The lowest BCUT2D eigenvalue weighted by Crippen LogP contribution is -2.27. The van der Waals surface area contributed by atoms with Crippen LogP contribution in [0.4, 0.5) is 11.4 Å². The van der Waals surface area contributed by atoms with Crippen molar-refractivity contribution < 1.29 is 17.9 Å². The number of amides is 1. The van der Waals surface area contributed by atoms with Crippen molar-refractivity contribution in [2.45, 2.75) is 17.7 Å². The van der Waals surface area contributed by atoms with Crippen LogP contribution in [0.15, 0.2) is 47.4 Å². The van der Waals surface area contributed by atoms with Gasteiger partial charge < -0.3 is 15.8 Å². The molecule has 2 aromatic rings. The summed E-state index contributed by atoms with van der Waals surface area (Å²) in [5.74, 6) is 0.0878. The molecule has 2 aromatic carbocycles. The first kappa shape index (κ1) is 18.2. The topological polar surface area (TPSA) is 102 Å². The fourth-order valence-electron chi connectivity index (χ4n) is 2.86. The molecule has 8 heteroatoms. The molecule has 0 radical (unpaired) electrons. The van der Waals surface area contributed by atoms with Crippen LogP contribution in [0.1, 0.15) is 23.2 Å². The number of benzene rings is 2. The smallest absolute Gasteiger partial charge is 0.255 e. The standard InChI is InChI=1S/C18H21N3O4S/c1-25-17-12-14(19)6-9-16(17)20-18(22)13-4-7-15(8-5-13)26(23,24)21-10-2-3-11-21/h4-9,12H,2-3,10-11,19H2,1H3,(H,20,22). The van der Waals surface area contributed by atoms with Crippen LogP contribution in [0, 0.1) is 0 Å². The molecule has 0 bridgehead atoms. The summed E-state index contributed by atoms with van der Waals surface area (Å²) in [5, 5.41) is 2.74. The van der Waals surface area contributed by atoms with Gasteiger partial charge in [-0.05, 0) is 49.2 Å². The Morgan fingerprint density at radius 3 is 2.38 bits per heavy atom. The number of hydrogen-bond donors (Lipinski definition) is 2. The molecule has 1 aliphatic rings. The number of methoxy groups -OCH3 is 1. The van der Waals surface area contributed by atoms with Crippen molar-refractivity contribution in [3.63, 3.8) is 0 Å². The number of nitrogens with zero attached hydrogens (tertiary/aromatic N) is 1. The van der Waals surface area contributed by atoms with Gasteiger partial charge >= 0.3 is 0 Å². The average Bonchev–Trinajstić information content (AvgIpc) is 3.19. The van der Waals surface area contributed by atoms with Crippen molar-refractivity contribution >= 4 is 27.3 Å². The molecule has 3 rings (SSSR count). The fourth-order valence-corrected chi connectivity index (χ4v) is 4.38. The molecule has 0 aromatic heterocycles. The molecule has 1 heterocycles. The number of nitrogens with one attached hydrogen (secondary N) is 1. The second kappa shape index (κ2) is 7.35. The van der Waals surface area contributed by atoms with Gasteiger partial charge in [-0.2, -0.15) is 4.31 Å². The number of hydrogen-bond acceptors (Lipinski definition) is 5. The van der Waals surface area contributed by atoms with Gasteiger partial charge in [0.05, 0.1) is 17.7 Å². The number of ether oxygens (including phenoxy) is 1. The zero-order valence-electron chi connectivity index (χ0n) is 14.4. The van der Waals surface area contributed by atoms with Crippen molar-refractivity contribution in [3.05, 3.63) is 48.0 Å². The lowest BCUT2D eigenvalue weighted by molar-refractivity contribution is 0.102. The maximum Gasteiger partial charge on any atom is 0.255 e. The quantitative estimate of drug-likeness (QED) is 0.781. The number of nitrogens with two attached hydrogens (primary N) is 1. The average molecular weight is 375 g/mol. The summed E-state index contributed by atoms with van der Waals surface area (Å²) in [6.45, 7) is 1.09. The van der Waals surface area contributed by atoms with Crippen LogP contribution in [-0.2, 0) is 10.0 Å². The van der Waals surface area contributed by atoms with Gasteiger partial charge in [-0.1, -0.05) is 0 Å². The Hall–Kier alpha value is -2.58. The zero-order chi connectivity index (χ0) is 18.7. The molecule has 0 atom stereocenters. The van der Waals surface area contributed by atoms with E-state index < -0.39 is 10.0 Å². The van der Waals surface area contributed by atoms with Gasteiger partial charge in [0.15, 0.2) is 0 Å². The van der Waals surface area contributed by atoms with Gasteiger partial charge in [-0.15, -0.1) is 0 Å². The van der Waals surface area contributed by atoms with E-state index >= 15 is 0 Å². The Bertz CT molecular complexity index is 905. The van der Waals surface area contributed by atoms with Crippen LogP contribution in [0.25, 0.3) is 0 Å². The molecule has 3 N–H and O–H groups in total. The number of anilines is 2. The molecule has 0 unspecified atom stereocenters. The molecule has 0 spiro atoms. The predicted molar refractivity (Wildman–Crippen MR) is 99.8 cm³/mol. The van der Waals surface area contributed by atoms with Crippen LogP contribution < -0.4 is 15.8 Å². The van der Waals surface area contributed by atoms with E-state index in [9.17, 15) is 13.2 Å². The van der Waals surface area contributed by atoms with Crippen molar-refractivity contribution in [1.82, 2.24) is 4.31 Å². The zero-order valence-corrected chi connectivity index (χ0v) is 15.3. The first-order valence-corrected chi connectivity index (χ1v) is 9.71. The number of sulfonamides is 1. The van der Waals surface area contributed by atoms with Crippen molar-refractivity contribution in [2.24, 2.45) is 0 Å². The van der Waals surface area contributed by atoms with Crippen LogP contribution in [-0.4, -0.2) is 38.8 Å². The summed E-state index contributed by atoms with van der Waals surface area (Å²) in [4.78, 5) is 12.6. The highest BCUT2D eigenvalue weighted by molar-refractivity contribution is 7.89. The number of rotatable bonds is 5. The van der Waals surface area contributed by atoms with Gasteiger partial charge in [0.2, 0.25) is 10.0 Å². The molecule has 26 heavy (non-hydrogen) atoms. The van der Waals surface area contributed by atoms with Crippen LogP contribution in [0.3, 0.4) is 0 Å². The predicted octanol–water partition coefficient (Wildman–Crippen LogP) is 2.31. The summed E-state index contributed by atoms with van der Waals surface area (Å²) < 4.78 is 31.7. The third kappa shape index (κ3) is 3.66. The van der Waals surface area contributed by atoms with E-state index in [4.69, 9.17) is 10.5 Å². The van der Waals surface area contributed by atoms with Gasteiger partial charge in [0.25, 0.3) is 5.91 Å². The van der Waals surface area contributed by atoms with E-state index in [2.05, 4.69) is 5.32 Å². The maximum atomic E-state index is 12.5. The van der Waals surface area contributed by atoms with E-state index in [0.29, 0.717) is 35.8 Å². The van der Waals surface area contributed by atoms with Crippen molar-refractivity contribution in [1.29, 1.82) is 0 Å². The third-order valence-electron chi connectivity index (χ3n) is 4.29. The Kier molecular flexibility index (Phi) is 5.15. The maximum absolute atomic E-state index is 12.5. The van der Waals surface area contributed by atoms with Gasteiger partial charge in [0.1, 0.15) is 5.75 Å². The van der Waals surface area contributed by atoms with Crippen molar-refractivity contribution in [3.8, 4) is 5.75 Å². The second-order valence-electron chi connectivity index (χ2n) is 6.05. The first-order chi connectivity index (χ1) is 12.4. The molecule has 7 nitrogen and oxygen atoms in total. The minimum atomic E-state index is -3.49. The van der Waals surface area contributed by atoms with E-state index in [1.807, 2.05) is 0 Å². The Balaban J connectivity index is 1.77. The lowest BCUT2D eigenvalue weighted by atomic mass is 10.2. The van der Waals surface area contributed by atoms with E-state index in [1.165, 1.54) is 35.7 Å². The van der Waals surface area contributed by atoms with Crippen LogP contribution >= 0.6 is 0 Å². The first-order valence-electron chi connectivity index (χ1n) is 8.27. The minimum absolute atomic E-state index is 0.195. The summed E-state index contributed by atoms with van der Waals surface area (Å²) in [7, 11) is -2.00. The monoisotopic (exact) mass is 375 g/mol. The number of carbonyl (C=O) groups excluding carboxylic acids is 1.